The minimum Gasteiger partial charge on any atom is -0.368 e. The van der Waals surface area contributed by atoms with E-state index in [4.69, 9.17) is 0 Å². The normalized spacial score (nSPS) is 14.0. The summed E-state index contributed by atoms with van der Waals surface area (Å²) >= 11 is 0. The van der Waals surface area contributed by atoms with Gasteiger partial charge in [0.15, 0.2) is 0 Å². The molecule has 0 atom stereocenters. The number of urea groups is 1. The Morgan fingerprint density at radius 1 is 0.926 bits per heavy atom. The van der Waals surface area contributed by atoms with Crippen LogP contribution in [-0.4, -0.2) is 43.0 Å². The topological polar surface area (TPSA) is 64.7 Å². The van der Waals surface area contributed by atoms with Gasteiger partial charge >= 0.3 is 6.03 Å². The maximum Gasteiger partial charge on any atom is 0.321 e. The molecular formula is C21H26N4O2. The lowest BCUT2D eigenvalue weighted by Gasteiger charge is -2.36. The van der Waals surface area contributed by atoms with Crippen LogP contribution in [0.3, 0.4) is 0 Å². The van der Waals surface area contributed by atoms with Crippen LogP contribution in [0.5, 0.6) is 0 Å². The average Bonchev–Trinajstić information content (AvgIpc) is 2.68. The van der Waals surface area contributed by atoms with E-state index in [-0.39, 0.29) is 11.9 Å². The molecule has 0 aliphatic carbocycles. The van der Waals surface area contributed by atoms with Crippen LogP contribution in [0, 0.1) is 0 Å². The molecule has 1 saturated heterocycles. The van der Waals surface area contributed by atoms with E-state index in [0.717, 1.165) is 19.5 Å². The average molecular weight is 366 g/mol. The number of amides is 3. The van der Waals surface area contributed by atoms with Crippen molar-refractivity contribution in [2.75, 3.05) is 41.7 Å². The smallest absolute Gasteiger partial charge is 0.321 e. The van der Waals surface area contributed by atoms with E-state index in [2.05, 4.69) is 46.7 Å². The van der Waals surface area contributed by atoms with Crippen LogP contribution in [-0.2, 0) is 11.2 Å². The van der Waals surface area contributed by atoms with E-state index in [9.17, 15) is 9.59 Å². The molecule has 3 amide bonds. The molecule has 6 nitrogen and oxygen atoms in total. The fourth-order valence-electron chi connectivity index (χ4n) is 3.19. The molecule has 3 rings (SSSR count). The molecule has 0 unspecified atom stereocenters. The van der Waals surface area contributed by atoms with Crippen molar-refractivity contribution >= 4 is 29.0 Å². The number of hydrogen-bond acceptors (Lipinski definition) is 3. The van der Waals surface area contributed by atoms with Gasteiger partial charge in [-0.05, 0) is 42.3 Å². The van der Waals surface area contributed by atoms with E-state index in [1.165, 1.54) is 18.2 Å². The van der Waals surface area contributed by atoms with Crippen molar-refractivity contribution in [1.82, 2.24) is 4.90 Å². The van der Waals surface area contributed by atoms with Gasteiger partial charge in [-0.2, -0.15) is 0 Å². The molecule has 0 spiro atoms. The molecular weight excluding hydrogens is 340 g/mol. The Morgan fingerprint density at radius 2 is 1.56 bits per heavy atom. The summed E-state index contributed by atoms with van der Waals surface area (Å²) in [5.41, 5.74) is 3.87. The zero-order chi connectivity index (χ0) is 19.2. The first kappa shape index (κ1) is 18.8. The van der Waals surface area contributed by atoms with E-state index >= 15 is 0 Å². The van der Waals surface area contributed by atoms with Crippen molar-refractivity contribution in [1.29, 1.82) is 0 Å². The van der Waals surface area contributed by atoms with Gasteiger partial charge in [-0.25, -0.2) is 4.79 Å². The lowest BCUT2D eigenvalue weighted by molar-refractivity contribution is -0.114. The second kappa shape index (κ2) is 8.58. The van der Waals surface area contributed by atoms with Crippen LogP contribution >= 0.6 is 0 Å². The molecule has 0 radical (unpaired) electrons. The quantitative estimate of drug-likeness (QED) is 0.870. The summed E-state index contributed by atoms with van der Waals surface area (Å²) in [6.07, 6.45) is 1.04. The second-order valence-corrected chi connectivity index (χ2v) is 6.69. The highest BCUT2D eigenvalue weighted by Gasteiger charge is 2.21. The van der Waals surface area contributed by atoms with Crippen LogP contribution in [0.15, 0.2) is 48.5 Å². The molecule has 6 heteroatoms. The highest BCUT2D eigenvalue weighted by atomic mass is 16.2. The van der Waals surface area contributed by atoms with Gasteiger partial charge in [-0.3, -0.25) is 4.79 Å². The Bertz CT molecular complexity index is 796. The van der Waals surface area contributed by atoms with Crippen LogP contribution in [0.4, 0.5) is 21.9 Å². The van der Waals surface area contributed by atoms with Gasteiger partial charge in [0.1, 0.15) is 0 Å². The van der Waals surface area contributed by atoms with Crippen molar-refractivity contribution < 1.29 is 9.59 Å². The SMILES string of the molecule is CCc1ccc(N2CCN(C(=O)Nc3cccc(NC(C)=O)c3)CC2)cc1. The highest BCUT2D eigenvalue weighted by molar-refractivity contribution is 5.92. The molecule has 0 saturated carbocycles. The Hall–Kier alpha value is -3.02. The number of rotatable bonds is 4. The third kappa shape index (κ3) is 5.00. The molecule has 2 aromatic rings. The molecule has 1 aliphatic rings. The first-order chi connectivity index (χ1) is 13.0. The number of nitrogens with zero attached hydrogens (tertiary/aromatic N) is 2. The number of carbonyl (C=O) groups is 2. The predicted octanol–water partition coefficient (Wildman–Crippen LogP) is 3.56. The summed E-state index contributed by atoms with van der Waals surface area (Å²) in [6.45, 7) is 6.58. The van der Waals surface area contributed by atoms with Crippen LogP contribution < -0.4 is 15.5 Å². The van der Waals surface area contributed by atoms with Crippen molar-refractivity contribution in [3.05, 3.63) is 54.1 Å². The predicted molar refractivity (Wildman–Crippen MR) is 109 cm³/mol. The second-order valence-electron chi connectivity index (χ2n) is 6.69. The Morgan fingerprint density at radius 3 is 2.15 bits per heavy atom. The number of hydrogen-bond donors (Lipinski definition) is 2. The Kier molecular flexibility index (Phi) is 5.96. The summed E-state index contributed by atoms with van der Waals surface area (Å²) in [6, 6.07) is 15.7. The lowest BCUT2D eigenvalue weighted by atomic mass is 10.1. The van der Waals surface area contributed by atoms with Gasteiger partial charge in [-0.1, -0.05) is 25.1 Å². The van der Waals surface area contributed by atoms with Crippen molar-refractivity contribution in [2.45, 2.75) is 20.3 Å². The summed E-state index contributed by atoms with van der Waals surface area (Å²) in [5, 5.41) is 5.63. The molecule has 1 heterocycles. The van der Waals surface area contributed by atoms with Gasteiger partial charge in [-0.15, -0.1) is 0 Å². The lowest BCUT2D eigenvalue weighted by Crippen LogP contribution is -2.50. The molecule has 2 N–H and O–H groups in total. The maximum atomic E-state index is 12.5. The molecule has 142 valence electrons. The molecule has 2 aromatic carbocycles. The molecule has 0 bridgehead atoms. The van der Waals surface area contributed by atoms with Crippen molar-refractivity contribution in [2.24, 2.45) is 0 Å². The van der Waals surface area contributed by atoms with E-state index in [1.54, 1.807) is 18.2 Å². The number of nitrogens with one attached hydrogen (secondary N) is 2. The Balaban J connectivity index is 1.54. The minimum absolute atomic E-state index is 0.115. The fourth-order valence-corrected chi connectivity index (χ4v) is 3.19. The number of carbonyl (C=O) groups excluding carboxylic acids is 2. The summed E-state index contributed by atoms with van der Waals surface area (Å²) in [7, 11) is 0. The number of benzene rings is 2. The minimum atomic E-state index is -0.137. The van der Waals surface area contributed by atoms with Crippen molar-refractivity contribution in [3.8, 4) is 0 Å². The van der Waals surface area contributed by atoms with Crippen LogP contribution in [0.2, 0.25) is 0 Å². The van der Waals surface area contributed by atoms with E-state index in [0.29, 0.717) is 24.5 Å². The van der Waals surface area contributed by atoms with E-state index < -0.39 is 0 Å². The molecule has 1 aliphatic heterocycles. The number of aryl methyl sites for hydroxylation is 1. The van der Waals surface area contributed by atoms with Gasteiger partial charge in [0.05, 0.1) is 0 Å². The zero-order valence-corrected chi connectivity index (χ0v) is 15.9. The van der Waals surface area contributed by atoms with Gasteiger partial charge in [0.2, 0.25) is 5.91 Å². The summed E-state index contributed by atoms with van der Waals surface area (Å²) in [5.74, 6) is -0.137. The van der Waals surface area contributed by atoms with Crippen molar-refractivity contribution in [3.63, 3.8) is 0 Å². The summed E-state index contributed by atoms with van der Waals surface area (Å²) < 4.78 is 0. The monoisotopic (exact) mass is 366 g/mol. The standard InChI is InChI=1S/C21H26N4O2/c1-3-17-7-9-20(10-8-17)24-11-13-25(14-12-24)21(27)23-19-6-4-5-18(15-19)22-16(2)26/h4-10,15H,3,11-14H2,1-2H3,(H,22,26)(H,23,27). The number of piperazine rings is 1. The molecule has 1 fully saturated rings. The largest absolute Gasteiger partial charge is 0.368 e. The van der Waals surface area contributed by atoms with Crippen LogP contribution in [0.25, 0.3) is 0 Å². The zero-order valence-electron chi connectivity index (χ0n) is 15.9. The maximum absolute atomic E-state index is 12.5. The van der Waals surface area contributed by atoms with Gasteiger partial charge in [0, 0.05) is 50.2 Å². The number of anilines is 3. The summed E-state index contributed by atoms with van der Waals surface area (Å²) in [4.78, 5) is 27.8. The van der Waals surface area contributed by atoms with E-state index in [1.807, 2.05) is 11.0 Å². The fraction of sp³-hybridized carbons (Fsp3) is 0.333. The third-order valence-corrected chi connectivity index (χ3v) is 4.71. The highest BCUT2D eigenvalue weighted by Crippen LogP contribution is 2.19. The Labute approximate surface area is 160 Å². The first-order valence-corrected chi connectivity index (χ1v) is 9.32. The van der Waals surface area contributed by atoms with Gasteiger partial charge in [0.25, 0.3) is 0 Å². The van der Waals surface area contributed by atoms with Crippen LogP contribution in [0.1, 0.15) is 19.4 Å². The molecule has 0 aromatic heterocycles. The van der Waals surface area contributed by atoms with Gasteiger partial charge < -0.3 is 20.4 Å². The molecule has 27 heavy (non-hydrogen) atoms. The third-order valence-electron chi connectivity index (χ3n) is 4.71. The first-order valence-electron chi connectivity index (χ1n) is 9.32.